The minimum absolute atomic E-state index is 0.271. The lowest BCUT2D eigenvalue weighted by atomic mass is 10.0. The standard InChI is InChI=1S/C21H17NO4/c1-25-19-3-2-4-20-16(19)11-15(12-26-20)18-10-9-17(22-18)13-5-7-14(8-6-13)21(23)24/h2-11,22H,12H2,1H3,(H,23,24). The number of carboxylic acids is 1. The Bertz CT molecular complexity index is 999. The molecule has 3 aromatic rings. The van der Waals surface area contributed by atoms with Crippen LogP contribution in [-0.2, 0) is 0 Å². The van der Waals surface area contributed by atoms with E-state index in [9.17, 15) is 4.79 Å². The van der Waals surface area contributed by atoms with Crippen molar-refractivity contribution < 1.29 is 19.4 Å². The van der Waals surface area contributed by atoms with Crippen LogP contribution in [0.5, 0.6) is 11.5 Å². The van der Waals surface area contributed by atoms with Gasteiger partial charge in [-0.25, -0.2) is 4.79 Å². The first-order valence-electron chi connectivity index (χ1n) is 8.19. The third-order valence-electron chi connectivity index (χ3n) is 4.42. The van der Waals surface area contributed by atoms with Crippen molar-refractivity contribution in [1.29, 1.82) is 0 Å². The summed E-state index contributed by atoms with van der Waals surface area (Å²) in [5.74, 6) is 0.653. The fraction of sp³-hybridized carbons (Fsp3) is 0.0952. The van der Waals surface area contributed by atoms with Crippen molar-refractivity contribution in [2.45, 2.75) is 0 Å². The number of aromatic carboxylic acids is 1. The molecule has 0 bridgehead atoms. The van der Waals surface area contributed by atoms with Crippen LogP contribution in [0.15, 0.2) is 54.6 Å². The molecule has 26 heavy (non-hydrogen) atoms. The normalized spacial score (nSPS) is 12.7. The second kappa shape index (κ2) is 6.44. The number of methoxy groups -OCH3 is 1. The van der Waals surface area contributed by atoms with Crippen LogP contribution in [0, 0.1) is 0 Å². The average Bonchev–Trinajstić information content (AvgIpc) is 3.17. The lowest BCUT2D eigenvalue weighted by molar-refractivity contribution is 0.0697. The lowest BCUT2D eigenvalue weighted by Gasteiger charge is -2.19. The summed E-state index contributed by atoms with van der Waals surface area (Å²) in [5.41, 5.74) is 5.03. The molecule has 5 nitrogen and oxygen atoms in total. The van der Waals surface area contributed by atoms with E-state index in [-0.39, 0.29) is 5.56 Å². The maximum absolute atomic E-state index is 11.0. The van der Waals surface area contributed by atoms with E-state index < -0.39 is 5.97 Å². The van der Waals surface area contributed by atoms with E-state index in [0.29, 0.717) is 6.61 Å². The summed E-state index contributed by atoms with van der Waals surface area (Å²) in [6.45, 7) is 0.470. The molecule has 0 atom stereocenters. The van der Waals surface area contributed by atoms with Crippen LogP contribution in [-0.4, -0.2) is 29.8 Å². The van der Waals surface area contributed by atoms with Gasteiger partial charge in [0.15, 0.2) is 0 Å². The number of hydrogen-bond acceptors (Lipinski definition) is 3. The molecular formula is C21H17NO4. The predicted molar refractivity (Wildman–Crippen MR) is 99.5 cm³/mol. The Morgan fingerprint density at radius 2 is 1.85 bits per heavy atom. The number of H-pyrrole nitrogens is 1. The second-order valence-corrected chi connectivity index (χ2v) is 6.00. The van der Waals surface area contributed by atoms with Crippen molar-refractivity contribution in [3.05, 3.63) is 71.4 Å². The monoisotopic (exact) mass is 347 g/mol. The molecule has 0 amide bonds. The number of carboxylic acid groups (broad SMARTS) is 1. The van der Waals surface area contributed by atoms with Crippen LogP contribution in [0.2, 0.25) is 0 Å². The van der Waals surface area contributed by atoms with Crippen molar-refractivity contribution in [2.75, 3.05) is 13.7 Å². The number of nitrogens with one attached hydrogen (secondary N) is 1. The van der Waals surface area contributed by atoms with E-state index in [2.05, 4.69) is 11.1 Å². The van der Waals surface area contributed by atoms with Crippen LogP contribution < -0.4 is 9.47 Å². The molecular weight excluding hydrogens is 330 g/mol. The Balaban J connectivity index is 1.66. The van der Waals surface area contributed by atoms with Gasteiger partial charge in [0.05, 0.1) is 18.2 Å². The molecule has 2 N–H and O–H groups in total. The fourth-order valence-electron chi connectivity index (χ4n) is 3.04. The number of aromatic nitrogens is 1. The highest BCUT2D eigenvalue weighted by molar-refractivity contribution is 5.89. The van der Waals surface area contributed by atoms with Crippen LogP contribution >= 0.6 is 0 Å². The number of benzene rings is 2. The Labute approximate surface area is 150 Å². The molecule has 0 saturated carbocycles. The van der Waals surface area contributed by atoms with E-state index in [4.69, 9.17) is 14.6 Å². The predicted octanol–water partition coefficient (Wildman–Crippen LogP) is 4.32. The molecule has 4 rings (SSSR count). The van der Waals surface area contributed by atoms with Crippen molar-refractivity contribution in [3.63, 3.8) is 0 Å². The van der Waals surface area contributed by atoms with Gasteiger partial charge in [-0.05, 0) is 48.0 Å². The van der Waals surface area contributed by atoms with Gasteiger partial charge in [0.25, 0.3) is 0 Å². The Morgan fingerprint density at radius 3 is 2.58 bits per heavy atom. The average molecular weight is 347 g/mol. The molecule has 1 aliphatic rings. The van der Waals surface area contributed by atoms with Gasteiger partial charge in [-0.15, -0.1) is 0 Å². The lowest BCUT2D eigenvalue weighted by Crippen LogP contribution is -2.07. The minimum Gasteiger partial charge on any atom is -0.496 e. The molecule has 0 radical (unpaired) electrons. The van der Waals surface area contributed by atoms with Gasteiger partial charge in [-0.2, -0.15) is 0 Å². The fourth-order valence-corrected chi connectivity index (χ4v) is 3.04. The van der Waals surface area contributed by atoms with E-state index in [1.807, 2.05) is 30.3 Å². The highest BCUT2D eigenvalue weighted by atomic mass is 16.5. The van der Waals surface area contributed by atoms with E-state index in [1.165, 1.54) is 0 Å². The number of hydrogen-bond donors (Lipinski definition) is 2. The number of carbonyl (C=O) groups is 1. The Morgan fingerprint density at radius 1 is 1.08 bits per heavy atom. The Hall–Kier alpha value is -3.47. The minimum atomic E-state index is -0.930. The molecule has 0 aliphatic carbocycles. The van der Waals surface area contributed by atoms with Crippen molar-refractivity contribution in [1.82, 2.24) is 4.98 Å². The molecule has 0 fully saturated rings. The van der Waals surface area contributed by atoms with Gasteiger partial charge in [-0.1, -0.05) is 18.2 Å². The summed E-state index contributed by atoms with van der Waals surface area (Å²) in [7, 11) is 1.64. The second-order valence-electron chi connectivity index (χ2n) is 6.00. The molecule has 1 aromatic heterocycles. The van der Waals surface area contributed by atoms with Gasteiger partial charge >= 0.3 is 5.97 Å². The highest BCUT2D eigenvalue weighted by Crippen LogP contribution is 2.36. The van der Waals surface area contributed by atoms with Gasteiger partial charge in [0.1, 0.15) is 18.1 Å². The summed E-state index contributed by atoms with van der Waals surface area (Å²) in [5, 5.41) is 9.00. The van der Waals surface area contributed by atoms with E-state index in [0.717, 1.165) is 39.6 Å². The number of ether oxygens (including phenoxy) is 2. The topological polar surface area (TPSA) is 71.5 Å². The summed E-state index contributed by atoms with van der Waals surface area (Å²) in [6, 6.07) is 16.5. The zero-order valence-corrected chi connectivity index (χ0v) is 14.2. The molecule has 2 aromatic carbocycles. The zero-order chi connectivity index (χ0) is 18.1. The van der Waals surface area contributed by atoms with Crippen LogP contribution in [0.25, 0.3) is 22.9 Å². The third-order valence-corrected chi connectivity index (χ3v) is 4.42. The maximum Gasteiger partial charge on any atom is 0.335 e. The third kappa shape index (κ3) is 2.84. The number of fused-ring (bicyclic) bond motifs is 1. The smallest absolute Gasteiger partial charge is 0.335 e. The zero-order valence-electron chi connectivity index (χ0n) is 14.2. The van der Waals surface area contributed by atoms with Gasteiger partial charge in [-0.3, -0.25) is 0 Å². The molecule has 2 heterocycles. The SMILES string of the molecule is COc1cccc2c1C=C(c1ccc(-c3ccc(C(=O)O)cc3)[nH]1)CO2. The van der Waals surface area contributed by atoms with Gasteiger partial charge < -0.3 is 19.6 Å². The van der Waals surface area contributed by atoms with Gasteiger partial charge in [0, 0.05) is 17.0 Å². The summed E-state index contributed by atoms with van der Waals surface area (Å²) >= 11 is 0. The molecule has 1 aliphatic heterocycles. The van der Waals surface area contributed by atoms with Crippen molar-refractivity contribution in [2.24, 2.45) is 0 Å². The van der Waals surface area contributed by atoms with Crippen LogP contribution in [0.3, 0.4) is 0 Å². The molecule has 0 saturated heterocycles. The molecule has 5 heteroatoms. The van der Waals surface area contributed by atoms with Crippen LogP contribution in [0.1, 0.15) is 21.6 Å². The summed E-state index contributed by atoms with van der Waals surface area (Å²) < 4.78 is 11.3. The molecule has 0 unspecified atom stereocenters. The highest BCUT2D eigenvalue weighted by Gasteiger charge is 2.17. The first-order chi connectivity index (χ1) is 12.7. The summed E-state index contributed by atoms with van der Waals surface area (Å²) in [4.78, 5) is 14.4. The van der Waals surface area contributed by atoms with Crippen molar-refractivity contribution in [3.8, 4) is 22.8 Å². The van der Waals surface area contributed by atoms with Crippen molar-refractivity contribution >= 4 is 17.6 Å². The first-order valence-corrected chi connectivity index (χ1v) is 8.19. The summed E-state index contributed by atoms with van der Waals surface area (Å²) in [6.07, 6.45) is 2.07. The largest absolute Gasteiger partial charge is 0.496 e. The maximum atomic E-state index is 11.0. The van der Waals surface area contributed by atoms with E-state index >= 15 is 0 Å². The number of aromatic amines is 1. The quantitative estimate of drug-likeness (QED) is 0.737. The molecule has 0 spiro atoms. The van der Waals surface area contributed by atoms with E-state index in [1.54, 1.807) is 31.4 Å². The van der Waals surface area contributed by atoms with Gasteiger partial charge in [0.2, 0.25) is 0 Å². The molecule has 130 valence electrons. The Kier molecular flexibility index (Phi) is 3.97. The van der Waals surface area contributed by atoms with Crippen LogP contribution in [0.4, 0.5) is 0 Å². The first kappa shape index (κ1) is 16.0. The number of rotatable bonds is 4.